The van der Waals surface area contributed by atoms with Gasteiger partial charge in [0.05, 0.1) is 52.7 Å². The number of nitrogens with two attached hydrogens (primary N) is 1. The number of likely N-dealkylation sites (tertiary alicyclic amines) is 1. The molecule has 390 valence electrons. The van der Waals surface area contributed by atoms with Gasteiger partial charge in [0.25, 0.3) is 5.56 Å². The van der Waals surface area contributed by atoms with Crippen molar-refractivity contribution >= 4 is 32.8 Å². The number of carbonyl (C=O) groups is 2. The number of cyclic esters (lactones) is 1. The standard InChI is InChI=1S/C24H30N2O2.C20H16N2O4.C16H14N2O3S/c1-2-26-19-22(13-14-25-15-17-28-18-16-25)24(23(26)27,20-9-5-3-6-10-20)21-11-7-4-8-12-21;1-2-20(25)14-8-16-17-12(7-11-5-3-4-6-15(11)21-17)9-22(16)18(23)13(14)10-26-19(20)24;1-11-15(12-7-9-14(10-8-12)22(17,19)20)16(18-21-11)13-5-3-2-4-6-13/h3-12,22H,2,13-19H2,1H3;3-8,25H,2,9-10H2,1H3;2-10H,1H3,(H2,17,19,20)/t;20-;/m.0./s1. The van der Waals surface area contributed by atoms with Gasteiger partial charge in [-0.1, -0.05) is 133 Å². The van der Waals surface area contributed by atoms with Gasteiger partial charge in [-0.3, -0.25) is 14.5 Å². The first-order chi connectivity index (χ1) is 36.8. The molecule has 8 aromatic rings. The third-order valence-corrected chi connectivity index (χ3v) is 16.1. The number of aryl methyl sites for hydroxylation is 1. The predicted molar refractivity (Wildman–Crippen MR) is 289 cm³/mol. The maximum absolute atomic E-state index is 13.8. The van der Waals surface area contributed by atoms with E-state index in [1.807, 2.05) is 84.6 Å². The molecule has 3 N–H and O–H groups in total. The average Bonchev–Trinajstić information content (AvgIpc) is 4.21. The van der Waals surface area contributed by atoms with E-state index in [0.717, 1.165) is 108 Å². The van der Waals surface area contributed by atoms with Gasteiger partial charge in [-0.05, 0) is 80.3 Å². The van der Waals surface area contributed by atoms with E-state index in [9.17, 15) is 27.9 Å². The number of rotatable bonds is 10. The minimum atomic E-state index is -3.70. The molecule has 1 amide bonds. The summed E-state index contributed by atoms with van der Waals surface area (Å²) in [6, 6.07) is 48.4. The van der Waals surface area contributed by atoms with Gasteiger partial charge in [0.1, 0.15) is 23.5 Å². The lowest BCUT2D eigenvalue weighted by Gasteiger charge is -2.36. The number of benzene rings is 5. The van der Waals surface area contributed by atoms with Crippen LogP contribution in [0.2, 0.25) is 0 Å². The molecule has 15 nitrogen and oxygen atoms in total. The van der Waals surface area contributed by atoms with Crippen LogP contribution in [0.1, 0.15) is 60.3 Å². The average molecular weight is 1040 g/mol. The molecular formula is C60H60N6O9S. The molecule has 1 unspecified atom stereocenters. The number of hydrogen-bond acceptors (Lipinski definition) is 12. The van der Waals surface area contributed by atoms with Gasteiger partial charge in [0.2, 0.25) is 15.9 Å². The van der Waals surface area contributed by atoms with Crippen molar-refractivity contribution in [2.24, 2.45) is 11.1 Å². The molecule has 76 heavy (non-hydrogen) atoms. The number of sulfonamides is 1. The second-order valence-corrected chi connectivity index (χ2v) is 21.1. The zero-order valence-electron chi connectivity index (χ0n) is 42.7. The summed E-state index contributed by atoms with van der Waals surface area (Å²) in [5.74, 6) is 0.468. The molecule has 0 saturated carbocycles. The van der Waals surface area contributed by atoms with Gasteiger partial charge in [-0.15, -0.1) is 0 Å². The van der Waals surface area contributed by atoms with Crippen LogP contribution in [-0.4, -0.2) is 95.8 Å². The number of aromatic nitrogens is 3. The van der Waals surface area contributed by atoms with Gasteiger partial charge in [-0.25, -0.2) is 23.3 Å². The Hall–Kier alpha value is -7.60. The second kappa shape index (κ2) is 21.6. The molecule has 0 aliphatic carbocycles. The van der Waals surface area contributed by atoms with Crippen molar-refractivity contribution in [3.05, 3.63) is 196 Å². The number of carbonyl (C=O) groups excluding carboxylic acids is 2. The lowest BCUT2D eigenvalue weighted by molar-refractivity contribution is -0.172. The first-order valence-electron chi connectivity index (χ1n) is 25.7. The molecule has 0 radical (unpaired) electrons. The van der Waals surface area contributed by atoms with Gasteiger partial charge in [0, 0.05) is 54.2 Å². The SMILES string of the molecule is CCN1CC(CCN2CCOCC2)C(c2ccccc2)(c2ccccc2)C1=O.CC[C@@]1(O)C(=O)OCc2c1cc1n(c2=O)Cc2cc3ccccc3nc2-1.Cc1onc(-c2ccccc2)c1-c1ccc(S(N)(=O)=O)cc1. The van der Waals surface area contributed by atoms with E-state index in [-0.39, 0.29) is 35.3 Å². The summed E-state index contributed by atoms with van der Waals surface area (Å²) in [7, 11) is -3.70. The molecule has 0 bridgehead atoms. The van der Waals surface area contributed by atoms with Crippen LogP contribution in [0.4, 0.5) is 0 Å². The predicted octanol–water partition coefficient (Wildman–Crippen LogP) is 8.22. The minimum absolute atomic E-state index is 0.0756. The lowest BCUT2D eigenvalue weighted by Crippen LogP contribution is -2.44. The van der Waals surface area contributed by atoms with Crippen LogP contribution in [0.25, 0.3) is 44.7 Å². The summed E-state index contributed by atoms with van der Waals surface area (Å²) in [6.45, 7) is 12.1. The van der Waals surface area contributed by atoms with Crippen LogP contribution in [-0.2, 0) is 53.3 Å². The van der Waals surface area contributed by atoms with Crippen LogP contribution in [0, 0.1) is 12.8 Å². The zero-order valence-corrected chi connectivity index (χ0v) is 43.5. The minimum Gasteiger partial charge on any atom is -0.458 e. The second-order valence-electron chi connectivity index (χ2n) is 19.5. The van der Waals surface area contributed by atoms with Crippen LogP contribution in [0.5, 0.6) is 0 Å². The van der Waals surface area contributed by atoms with E-state index in [2.05, 4.69) is 65.5 Å². The number of esters is 1. The monoisotopic (exact) mass is 1040 g/mol. The van der Waals surface area contributed by atoms with E-state index < -0.39 is 27.0 Å². The molecule has 4 aliphatic heterocycles. The highest BCUT2D eigenvalue weighted by Crippen LogP contribution is 2.47. The maximum atomic E-state index is 13.8. The summed E-state index contributed by atoms with van der Waals surface area (Å²) < 4.78 is 40.2. The van der Waals surface area contributed by atoms with E-state index in [4.69, 9.17) is 24.1 Å². The van der Waals surface area contributed by atoms with E-state index in [1.165, 1.54) is 12.1 Å². The quantitative estimate of drug-likeness (QED) is 0.125. The lowest BCUT2D eigenvalue weighted by atomic mass is 9.66. The molecule has 12 rings (SSSR count). The Morgan fingerprint density at radius 1 is 0.776 bits per heavy atom. The fourth-order valence-electron chi connectivity index (χ4n) is 11.2. The highest BCUT2D eigenvalue weighted by molar-refractivity contribution is 7.89. The molecule has 2 saturated heterocycles. The Morgan fingerprint density at radius 3 is 2.04 bits per heavy atom. The Labute approximate surface area is 441 Å². The molecule has 4 aliphatic rings. The summed E-state index contributed by atoms with van der Waals surface area (Å²) in [5.41, 5.74) is 6.78. The summed E-state index contributed by atoms with van der Waals surface area (Å²) in [6.07, 6.45) is 1.14. The molecule has 5 aromatic carbocycles. The maximum Gasteiger partial charge on any atom is 0.343 e. The number of nitrogens with zero attached hydrogens (tertiary/aromatic N) is 5. The van der Waals surface area contributed by atoms with Gasteiger partial charge in [0.15, 0.2) is 5.60 Å². The largest absolute Gasteiger partial charge is 0.458 e. The normalized spacial score (nSPS) is 18.6. The van der Waals surface area contributed by atoms with Crippen LogP contribution in [0.15, 0.2) is 166 Å². The van der Waals surface area contributed by atoms with Crippen LogP contribution < -0.4 is 10.7 Å². The Kier molecular flexibility index (Phi) is 14.7. The fraction of sp³-hybridized carbons (Fsp3) is 0.283. The summed E-state index contributed by atoms with van der Waals surface area (Å²) in [5, 5.41) is 21.1. The number of aliphatic hydroxyl groups is 1. The Bertz CT molecular complexity index is 3540. The topological polar surface area (TPSA) is 200 Å². The molecule has 7 heterocycles. The molecule has 3 aromatic heterocycles. The van der Waals surface area contributed by atoms with E-state index in [0.29, 0.717) is 29.1 Å². The summed E-state index contributed by atoms with van der Waals surface area (Å²) >= 11 is 0. The number of ether oxygens (including phenoxy) is 2. The highest BCUT2D eigenvalue weighted by atomic mass is 32.2. The van der Waals surface area contributed by atoms with Crippen molar-refractivity contribution < 1.29 is 37.1 Å². The summed E-state index contributed by atoms with van der Waals surface area (Å²) in [4.78, 5) is 48.3. The Balaban J connectivity index is 0.000000131. The van der Waals surface area contributed by atoms with Gasteiger partial charge in [-0.2, -0.15) is 0 Å². The number of primary sulfonamides is 1. The van der Waals surface area contributed by atoms with Crippen molar-refractivity contribution in [3.8, 4) is 33.8 Å². The molecule has 2 fully saturated rings. The number of morpholine rings is 1. The van der Waals surface area contributed by atoms with Crippen molar-refractivity contribution in [1.29, 1.82) is 0 Å². The first kappa shape index (κ1) is 51.9. The fourth-order valence-corrected chi connectivity index (χ4v) is 11.7. The van der Waals surface area contributed by atoms with E-state index in [1.54, 1.807) is 29.7 Å². The smallest absolute Gasteiger partial charge is 0.343 e. The highest BCUT2D eigenvalue weighted by Gasteiger charge is 2.55. The van der Waals surface area contributed by atoms with Crippen molar-refractivity contribution in [3.63, 3.8) is 0 Å². The molecule has 2 atom stereocenters. The first-order valence-corrected chi connectivity index (χ1v) is 27.2. The number of amides is 1. The van der Waals surface area contributed by atoms with Crippen molar-refractivity contribution in [2.75, 3.05) is 45.9 Å². The van der Waals surface area contributed by atoms with Crippen LogP contribution in [0.3, 0.4) is 0 Å². The number of para-hydroxylation sites is 1. The third kappa shape index (κ3) is 9.67. The number of hydrogen-bond donors (Lipinski definition) is 2. The van der Waals surface area contributed by atoms with Crippen molar-refractivity contribution in [1.82, 2.24) is 24.5 Å². The van der Waals surface area contributed by atoms with Gasteiger partial charge >= 0.3 is 5.97 Å². The van der Waals surface area contributed by atoms with Gasteiger partial charge < -0.3 is 28.6 Å². The number of pyridine rings is 2. The van der Waals surface area contributed by atoms with Crippen LogP contribution >= 0.6 is 0 Å². The zero-order chi connectivity index (χ0) is 53.2. The molecule has 16 heteroatoms. The number of fused-ring (bicyclic) bond motifs is 5. The van der Waals surface area contributed by atoms with E-state index >= 15 is 0 Å². The number of likely N-dealkylation sites (N-methyl/N-ethyl adjacent to an activating group) is 1. The third-order valence-electron chi connectivity index (χ3n) is 15.2. The van der Waals surface area contributed by atoms with Crippen molar-refractivity contribution in [2.45, 2.75) is 62.7 Å². The molecular weight excluding hydrogens is 981 g/mol. The molecule has 0 spiro atoms. The Morgan fingerprint density at radius 2 is 1.41 bits per heavy atom.